The fourth-order valence-electron chi connectivity index (χ4n) is 3.38. The zero-order chi connectivity index (χ0) is 14.5. The van der Waals surface area contributed by atoms with Crippen molar-refractivity contribution in [2.45, 2.75) is 25.2 Å². The molecule has 1 saturated carbocycles. The molecule has 0 amide bonds. The molecule has 1 aromatic carbocycles. The van der Waals surface area contributed by atoms with Crippen LogP contribution in [0.15, 0.2) is 29.2 Å². The lowest BCUT2D eigenvalue weighted by molar-refractivity contribution is -0.120. The highest BCUT2D eigenvalue weighted by Crippen LogP contribution is 2.41. The minimum Gasteiger partial charge on any atom is -0.299 e. The number of hydrogen-bond donors (Lipinski definition) is 0. The molecule has 1 aliphatic heterocycles. The smallest absolute Gasteiger partial charge is 0.243 e. The summed E-state index contributed by atoms with van der Waals surface area (Å²) in [6.07, 6.45) is 0.533. The summed E-state index contributed by atoms with van der Waals surface area (Å²) in [4.78, 5) is 12.0. The molecule has 0 spiro atoms. The fourth-order valence-corrected chi connectivity index (χ4v) is 4.91. The van der Waals surface area contributed by atoms with Crippen molar-refractivity contribution in [2.75, 3.05) is 13.1 Å². The second kappa shape index (κ2) is 4.67. The zero-order valence-electron chi connectivity index (χ0n) is 11.7. The van der Waals surface area contributed by atoms with Crippen LogP contribution in [0.25, 0.3) is 0 Å². The summed E-state index contributed by atoms with van der Waals surface area (Å²) >= 11 is 0. The lowest BCUT2D eigenvalue weighted by Gasteiger charge is -2.18. The molecule has 1 aliphatic carbocycles. The molecule has 4 nitrogen and oxygen atoms in total. The monoisotopic (exact) mass is 293 g/mol. The van der Waals surface area contributed by atoms with Crippen LogP contribution in [-0.2, 0) is 14.8 Å². The molecule has 3 rings (SSSR count). The third-order valence-corrected chi connectivity index (χ3v) is 6.58. The molecule has 3 unspecified atom stereocenters. The summed E-state index contributed by atoms with van der Waals surface area (Å²) in [5.74, 6) is 0.686. The van der Waals surface area contributed by atoms with Crippen molar-refractivity contribution in [3.8, 4) is 0 Å². The first-order valence-electron chi connectivity index (χ1n) is 6.99. The summed E-state index contributed by atoms with van der Waals surface area (Å²) < 4.78 is 26.8. The molecule has 5 heteroatoms. The molecule has 0 bridgehead atoms. The van der Waals surface area contributed by atoms with Crippen LogP contribution in [0.2, 0.25) is 0 Å². The standard InChI is InChI=1S/C15H19NO3S/c1-10-3-5-13(6-4-10)20(18,19)16-8-12-7-15(17)11(2)14(12)9-16/h3-6,11-12,14H,7-9H2,1-2H3. The van der Waals surface area contributed by atoms with Crippen molar-refractivity contribution < 1.29 is 13.2 Å². The van der Waals surface area contributed by atoms with Crippen LogP contribution >= 0.6 is 0 Å². The van der Waals surface area contributed by atoms with Gasteiger partial charge in [0.25, 0.3) is 0 Å². The van der Waals surface area contributed by atoms with Gasteiger partial charge in [-0.05, 0) is 30.9 Å². The Hall–Kier alpha value is -1.20. The van der Waals surface area contributed by atoms with Gasteiger partial charge in [0.1, 0.15) is 5.78 Å². The highest BCUT2D eigenvalue weighted by atomic mass is 32.2. The van der Waals surface area contributed by atoms with Crippen molar-refractivity contribution in [3.05, 3.63) is 29.8 Å². The summed E-state index contributed by atoms with van der Waals surface area (Å²) in [5, 5.41) is 0. The van der Waals surface area contributed by atoms with E-state index in [-0.39, 0.29) is 23.5 Å². The molecular formula is C15H19NO3S. The first-order chi connectivity index (χ1) is 9.39. The van der Waals surface area contributed by atoms with Gasteiger partial charge in [-0.25, -0.2) is 8.42 Å². The summed E-state index contributed by atoms with van der Waals surface area (Å²) in [6, 6.07) is 6.95. The van der Waals surface area contributed by atoms with Crippen LogP contribution in [0.4, 0.5) is 0 Å². The molecule has 0 aromatic heterocycles. The first kappa shape index (κ1) is 13.8. The zero-order valence-corrected chi connectivity index (χ0v) is 12.6. The minimum atomic E-state index is -3.42. The van der Waals surface area contributed by atoms with Crippen LogP contribution < -0.4 is 0 Å². The van der Waals surface area contributed by atoms with E-state index in [2.05, 4.69) is 0 Å². The highest BCUT2D eigenvalue weighted by Gasteiger charge is 2.48. The van der Waals surface area contributed by atoms with E-state index in [0.717, 1.165) is 5.56 Å². The maximum Gasteiger partial charge on any atom is 0.243 e. The maximum atomic E-state index is 12.6. The average molecular weight is 293 g/mol. The molecule has 3 atom stereocenters. The number of hydrogen-bond acceptors (Lipinski definition) is 3. The van der Waals surface area contributed by atoms with Crippen LogP contribution in [0, 0.1) is 24.7 Å². The van der Waals surface area contributed by atoms with Crippen molar-refractivity contribution in [3.63, 3.8) is 0 Å². The molecule has 1 saturated heterocycles. The van der Waals surface area contributed by atoms with Crippen LogP contribution in [-0.4, -0.2) is 31.6 Å². The number of ketones is 1. The van der Waals surface area contributed by atoms with Crippen LogP contribution in [0.1, 0.15) is 18.9 Å². The maximum absolute atomic E-state index is 12.6. The van der Waals surface area contributed by atoms with Crippen molar-refractivity contribution in [1.29, 1.82) is 0 Å². The normalized spacial score (nSPS) is 30.7. The number of carbonyl (C=O) groups is 1. The predicted molar refractivity (Wildman–Crippen MR) is 75.7 cm³/mol. The fraction of sp³-hybridized carbons (Fsp3) is 0.533. The predicted octanol–water partition coefficient (Wildman–Crippen LogP) is 1.84. The minimum absolute atomic E-state index is 0.00165. The quantitative estimate of drug-likeness (QED) is 0.836. The third-order valence-electron chi connectivity index (χ3n) is 4.73. The third kappa shape index (κ3) is 2.09. The summed E-state index contributed by atoms with van der Waals surface area (Å²) in [7, 11) is -3.42. The van der Waals surface area contributed by atoms with E-state index >= 15 is 0 Å². The number of carbonyl (C=O) groups excluding carboxylic acids is 1. The first-order valence-corrected chi connectivity index (χ1v) is 8.43. The van der Waals surface area contributed by atoms with Gasteiger partial charge in [0.15, 0.2) is 0 Å². The number of aryl methyl sites for hydroxylation is 1. The molecule has 0 N–H and O–H groups in total. The molecule has 0 radical (unpaired) electrons. The Morgan fingerprint density at radius 2 is 1.80 bits per heavy atom. The number of nitrogens with zero attached hydrogens (tertiary/aromatic N) is 1. The van der Waals surface area contributed by atoms with Gasteiger partial charge in [-0.2, -0.15) is 4.31 Å². The van der Waals surface area contributed by atoms with Gasteiger partial charge >= 0.3 is 0 Å². The van der Waals surface area contributed by atoms with E-state index in [9.17, 15) is 13.2 Å². The van der Waals surface area contributed by atoms with Gasteiger partial charge in [-0.3, -0.25) is 4.79 Å². The van der Waals surface area contributed by atoms with E-state index in [1.165, 1.54) is 0 Å². The molecule has 20 heavy (non-hydrogen) atoms. The summed E-state index contributed by atoms with van der Waals surface area (Å²) in [6.45, 7) is 4.82. The van der Waals surface area contributed by atoms with Gasteiger partial charge < -0.3 is 0 Å². The lowest BCUT2D eigenvalue weighted by Crippen LogP contribution is -2.31. The Morgan fingerprint density at radius 3 is 2.40 bits per heavy atom. The van der Waals surface area contributed by atoms with E-state index in [0.29, 0.717) is 24.4 Å². The molecular weight excluding hydrogens is 274 g/mol. The molecule has 2 fully saturated rings. The second-order valence-corrected chi connectivity index (χ2v) is 7.96. The van der Waals surface area contributed by atoms with Gasteiger partial charge in [0, 0.05) is 25.4 Å². The van der Waals surface area contributed by atoms with E-state index in [4.69, 9.17) is 0 Å². The summed E-state index contributed by atoms with van der Waals surface area (Å²) in [5.41, 5.74) is 1.04. The number of benzene rings is 1. The van der Waals surface area contributed by atoms with Crippen LogP contribution in [0.3, 0.4) is 0 Å². The van der Waals surface area contributed by atoms with E-state index in [1.807, 2.05) is 26.0 Å². The van der Waals surface area contributed by atoms with Crippen molar-refractivity contribution in [1.82, 2.24) is 4.31 Å². The van der Waals surface area contributed by atoms with Gasteiger partial charge in [0.2, 0.25) is 10.0 Å². The molecule has 2 aliphatic rings. The van der Waals surface area contributed by atoms with E-state index in [1.54, 1.807) is 16.4 Å². The molecule has 108 valence electrons. The Kier molecular flexibility index (Phi) is 3.21. The Labute approximate surface area is 119 Å². The Bertz CT molecular complexity index is 636. The number of sulfonamides is 1. The van der Waals surface area contributed by atoms with Gasteiger partial charge in [-0.1, -0.05) is 24.6 Å². The van der Waals surface area contributed by atoms with Crippen molar-refractivity contribution in [2.24, 2.45) is 17.8 Å². The lowest BCUT2D eigenvalue weighted by atomic mass is 9.94. The van der Waals surface area contributed by atoms with Crippen LogP contribution in [0.5, 0.6) is 0 Å². The van der Waals surface area contributed by atoms with Crippen molar-refractivity contribution >= 4 is 15.8 Å². The Morgan fingerprint density at radius 1 is 1.15 bits per heavy atom. The van der Waals surface area contributed by atoms with Gasteiger partial charge in [-0.15, -0.1) is 0 Å². The molecule has 1 aromatic rings. The highest BCUT2D eigenvalue weighted by molar-refractivity contribution is 7.89. The average Bonchev–Trinajstić information content (AvgIpc) is 2.92. The number of rotatable bonds is 2. The Balaban J connectivity index is 1.84. The topological polar surface area (TPSA) is 54.5 Å². The second-order valence-electron chi connectivity index (χ2n) is 6.02. The SMILES string of the molecule is Cc1ccc(S(=O)(=O)N2CC3CC(=O)C(C)C3C2)cc1. The van der Waals surface area contributed by atoms with Gasteiger partial charge in [0.05, 0.1) is 4.90 Å². The number of Topliss-reactive ketones (excluding diaryl/α,β-unsaturated/α-hetero) is 1. The van der Waals surface area contributed by atoms with E-state index < -0.39 is 10.0 Å². The largest absolute Gasteiger partial charge is 0.299 e. The molecule has 1 heterocycles. The number of fused-ring (bicyclic) bond motifs is 1.